The van der Waals surface area contributed by atoms with E-state index >= 15 is 0 Å². The topological polar surface area (TPSA) is 17.1 Å². The maximum absolute atomic E-state index is 13.7. The molecule has 0 N–H and O–H groups in total. The first-order valence-electron chi connectivity index (χ1n) is 13.8. The fourth-order valence-electron chi connectivity index (χ4n) is 5.91. The molecule has 0 saturated heterocycles. The number of aryl methyl sites for hydroxylation is 1. The fraction of sp³-hybridized carbons (Fsp3) is 0.243. The smallest absolute Gasteiger partial charge is 0.132 e. The Hall–Kier alpha value is -3.41. The van der Waals surface area contributed by atoms with Gasteiger partial charge in [0, 0.05) is 11.8 Å². The summed E-state index contributed by atoms with van der Waals surface area (Å²) in [6.45, 7) is 18.9. The second-order valence-corrected chi connectivity index (χ2v) is 13.9. The zero-order valence-electron chi connectivity index (χ0n) is 24.1. The largest absolute Gasteiger partial charge is 0.315 e. The van der Waals surface area contributed by atoms with Crippen LogP contribution in [0, 0.1) is 18.8 Å². The van der Waals surface area contributed by atoms with Gasteiger partial charge in [0.05, 0.1) is 0 Å². The van der Waals surface area contributed by atoms with Crippen molar-refractivity contribution in [1.29, 1.82) is 0 Å². The van der Waals surface area contributed by atoms with E-state index in [-0.39, 0.29) is 11.8 Å². The zero-order valence-corrected chi connectivity index (χ0v) is 25.0. The third kappa shape index (κ3) is 5.80. The third-order valence-electron chi connectivity index (χ3n) is 8.28. The number of fused-ring (bicyclic) bond motifs is 1. The van der Waals surface area contributed by atoms with Gasteiger partial charge in [-0.3, -0.25) is 0 Å². The van der Waals surface area contributed by atoms with Crippen LogP contribution in [0.15, 0.2) is 148 Å². The number of benzene rings is 1. The molecule has 0 radical (unpaired) electrons. The summed E-state index contributed by atoms with van der Waals surface area (Å²) < 4.78 is 13.7. The number of hydrogen-bond acceptors (Lipinski definition) is 1. The van der Waals surface area contributed by atoms with Crippen molar-refractivity contribution in [3.63, 3.8) is 0 Å². The van der Waals surface area contributed by atoms with Crippen molar-refractivity contribution in [3.05, 3.63) is 159 Å². The molecule has 0 amide bonds. The fourth-order valence-corrected chi connectivity index (χ4v) is 7.65. The molecule has 1 aromatic rings. The van der Waals surface area contributed by atoms with E-state index in [0.29, 0.717) is 0 Å². The van der Waals surface area contributed by atoms with E-state index in [4.69, 9.17) is 0 Å². The number of hydrogen-bond donors (Lipinski definition) is 0. The van der Waals surface area contributed by atoms with E-state index < -0.39 is 7.14 Å². The summed E-state index contributed by atoms with van der Waals surface area (Å²) in [5, 5.41) is 2.00. The molecule has 3 atom stereocenters. The van der Waals surface area contributed by atoms with Gasteiger partial charge in [-0.1, -0.05) is 110 Å². The Balaban J connectivity index is 1.84. The van der Waals surface area contributed by atoms with E-state index in [0.717, 1.165) is 40.2 Å². The van der Waals surface area contributed by atoms with Crippen LogP contribution in [0.25, 0.3) is 6.08 Å². The van der Waals surface area contributed by atoms with Crippen LogP contribution in [0.5, 0.6) is 0 Å². The Morgan fingerprint density at radius 2 is 1.51 bits per heavy atom. The Morgan fingerprint density at radius 3 is 2.08 bits per heavy atom. The van der Waals surface area contributed by atoms with Crippen LogP contribution < -0.4 is 0 Å². The summed E-state index contributed by atoms with van der Waals surface area (Å²) >= 11 is 0. The van der Waals surface area contributed by atoms with Gasteiger partial charge in [0.2, 0.25) is 0 Å². The second-order valence-electron chi connectivity index (χ2n) is 10.8. The standard InChI is InChI=1S/C37H41OP/c1-8-32-33(9-2)37(28(5)25-30-18-14-13-17-26(30)3)35-22-16-15-21-34(35)36(32)27(4)23-24-29(6)39(7,38)31-19-11-10-12-20-31/h8-11,13-19,21-25,34-35H,1-2,12,20H2,3-7H3/b27-23+,28-25+,29-24+. The molecule has 2 heteroatoms. The Labute approximate surface area is 235 Å². The van der Waals surface area contributed by atoms with E-state index in [9.17, 15) is 4.57 Å². The monoisotopic (exact) mass is 532 g/mol. The van der Waals surface area contributed by atoms with Gasteiger partial charge >= 0.3 is 0 Å². The van der Waals surface area contributed by atoms with Crippen LogP contribution >= 0.6 is 7.14 Å². The minimum absolute atomic E-state index is 0.187. The van der Waals surface area contributed by atoms with Crippen molar-refractivity contribution in [2.75, 3.05) is 6.66 Å². The van der Waals surface area contributed by atoms with Crippen LogP contribution in [0.4, 0.5) is 0 Å². The maximum Gasteiger partial charge on any atom is 0.132 e. The summed E-state index contributed by atoms with van der Waals surface area (Å²) in [4.78, 5) is 0. The van der Waals surface area contributed by atoms with Gasteiger partial charge in [-0.05, 0) is 102 Å². The van der Waals surface area contributed by atoms with Crippen LogP contribution in [0.1, 0.15) is 44.7 Å². The van der Waals surface area contributed by atoms with Gasteiger partial charge in [0.1, 0.15) is 7.14 Å². The molecule has 200 valence electrons. The second kappa shape index (κ2) is 12.2. The normalized spacial score (nSPS) is 23.4. The third-order valence-corrected chi connectivity index (χ3v) is 11.2. The molecule has 1 aromatic carbocycles. The lowest BCUT2D eigenvalue weighted by Gasteiger charge is -2.37. The van der Waals surface area contributed by atoms with Crippen LogP contribution in [0.2, 0.25) is 0 Å². The number of allylic oxidation sites excluding steroid dienone is 19. The van der Waals surface area contributed by atoms with Crippen molar-refractivity contribution >= 4 is 13.2 Å². The molecule has 39 heavy (non-hydrogen) atoms. The van der Waals surface area contributed by atoms with Gasteiger partial charge < -0.3 is 4.57 Å². The van der Waals surface area contributed by atoms with Crippen molar-refractivity contribution in [2.24, 2.45) is 11.8 Å². The zero-order chi connectivity index (χ0) is 28.2. The molecule has 0 saturated carbocycles. The van der Waals surface area contributed by atoms with Gasteiger partial charge in [-0.2, -0.15) is 0 Å². The highest BCUT2D eigenvalue weighted by Crippen LogP contribution is 2.59. The molecule has 3 unspecified atom stereocenters. The molecule has 4 rings (SSSR count). The Morgan fingerprint density at radius 1 is 0.897 bits per heavy atom. The molecule has 1 nitrogen and oxygen atoms in total. The Bertz CT molecular complexity index is 1510. The molecule has 0 heterocycles. The lowest BCUT2D eigenvalue weighted by atomic mass is 9.66. The van der Waals surface area contributed by atoms with Gasteiger partial charge in [-0.25, -0.2) is 0 Å². The summed E-state index contributed by atoms with van der Waals surface area (Å²) in [6.07, 6.45) is 27.4. The summed E-state index contributed by atoms with van der Waals surface area (Å²) in [6, 6.07) is 8.50. The first-order chi connectivity index (χ1) is 18.7. The molecule has 0 spiro atoms. The first kappa shape index (κ1) is 28.6. The summed E-state index contributed by atoms with van der Waals surface area (Å²) in [7, 11) is -2.55. The molecule has 0 fully saturated rings. The summed E-state index contributed by atoms with van der Waals surface area (Å²) in [5.41, 5.74) is 9.72. The van der Waals surface area contributed by atoms with E-state index in [1.54, 1.807) is 0 Å². The first-order valence-corrected chi connectivity index (χ1v) is 16.0. The molecule has 0 aromatic heterocycles. The Kier molecular flexibility index (Phi) is 8.94. The van der Waals surface area contributed by atoms with E-state index in [1.165, 1.54) is 27.8 Å². The minimum atomic E-state index is -2.55. The van der Waals surface area contributed by atoms with Crippen LogP contribution in [-0.2, 0) is 4.57 Å². The van der Waals surface area contributed by atoms with Crippen molar-refractivity contribution < 1.29 is 4.57 Å². The van der Waals surface area contributed by atoms with Crippen LogP contribution in [0.3, 0.4) is 0 Å². The molecular weight excluding hydrogens is 491 g/mol. The maximum atomic E-state index is 13.7. The lowest BCUT2D eigenvalue weighted by Crippen LogP contribution is -2.25. The highest BCUT2D eigenvalue weighted by Gasteiger charge is 2.35. The van der Waals surface area contributed by atoms with E-state index in [1.807, 2.05) is 37.9 Å². The van der Waals surface area contributed by atoms with Crippen molar-refractivity contribution in [3.8, 4) is 0 Å². The van der Waals surface area contributed by atoms with Gasteiger partial charge in [0.15, 0.2) is 0 Å². The molecule has 3 aliphatic carbocycles. The predicted molar refractivity (Wildman–Crippen MR) is 172 cm³/mol. The van der Waals surface area contributed by atoms with Gasteiger partial charge in [-0.15, -0.1) is 0 Å². The SMILES string of the molecule is C=CC1=C(/C(C)=C/C=C(\C)P(C)(=O)C2=CC=CCC2)C2C=CC=CC2C(/C(C)=C/c2ccccc2C)=C1C=C. The number of rotatable bonds is 8. The summed E-state index contributed by atoms with van der Waals surface area (Å²) in [5.74, 6) is 0.387. The average molecular weight is 533 g/mol. The molecule has 0 aliphatic heterocycles. The highest BCUT2D eigenvalue weighted by molar-refractivity contribution is 7.71. The van der Waals surface area contributed by atoms with E-state index in [2.05, 4.69) is 107 Å². The quantitative estimate of drug-likeness (QED) is 0.240. The van der Waals surface area contributed by atoms with Gasteiger partial charge in [0.25, 0.3) is 0 Å². The molecule has 0 bridgehead atoms. The average Bonchev–Trinajstić information content (AvgIpc) is 2.95. The highest BCUT2D eigenvalue weighted by atomic mass is 31.2. The van der Waals surface area contributed by atoms with Crippen LogP contribution in [-0.4, -0.2) is 6.66 Å². The van der Waals surface area contributed by atoms with Crippen molar-refractivity contribution in [1.82, 2.24) is 0 Å². The lowest BCUT2D eigenvalue weighted by molar-refractivity contribution is 0.585. The molecular formula is C37H41OP. The van der Waals surface area contributed by atoms with Crippen molar-refractivity contribution in [2.45, 2.75) is 40.5 Å². The molecule has 3 aliphatic rings. The predicted octanol–water partition coefficient (Wildman–Crippen LogP) is 10.8. The minimum Gasteiger partial charge on any atom is -0.315 e.